The zero-order valence-electron chi connectivity index (χ0n) is 15.3. The summed E-state index contributed by atoms with van der Waals surface area (Å²) in [6, 6.07) is 12.5. The third-order valence-electron chi connectivity index (χ3n) is 3.89. The maximum Gasteiger partial charge on any atom is 0.257 e. The number of thioether (sulfide) groups is 1. The number of rotatable bonds is 6. The first-order chi connectivity index (χ1) is 14.1. The molecule has 1 aromatic heterocycles. The lowest BCUT2D eigenvalue weighted by Crippen LogP contribution is -2.13. The summed E-state index contributed by atoms with van der Waals surface area (Å²) in [5.74, 6) is 0.874. The normalized spacial score (nSPS) is 11.9. The van der Waals surface area contributed by atoms with Gasteiger partial charge in [0.05, 0.1) is 5.75 Å². The number of ether oxygens (including phenoxy) is 2. The Hall–Kier alpha value is -3.11. The highest BCUT2D eigenvalue weighted by molar-refractivity contribution is 8.01. The van der Waals surface area contributed by atoms with Gasteiger partial charge in [-0.2, -0.15) is 0 Å². The Morgan fingerprint density at radius 1 is 1.10 bits per heavy atom. The Kier molecular flexibility index (Phi) is 5.63. The number of amides is 2. The number of hydrogen-bond acceptors (Lipinski definition) is 8. The van der Waals surface area contributed by atoms with Crippen LogP contribution in [-0.2, 0) is 4.79 Å². The third kappa shape index (κ3) is 4.84. The van der Waals surface area contributed by atoms with Crippen LogP contribution < -0.4 is 20.1 Å². The van der Waals surface area contributed by atoms with E-state index in [4.69, 9.17) is 9.47 Å². The summed E-state index contributed by atoms with van der Waals surface area (Å²) in [6.07, 6.45) is 0. The molecule has 2 N–H and O–H groups in total. The van der Waals surface area contributed by atoms with Gasteiger partial charge in [0.2, 0.25) is 17.8 Å². The number of aromatic nitrogens is 2. The first-order valence-electron chi connectivity index (χ1n) is 8.61. The molecule has 0 fully saturated rings. The van der Waals surface area contributed by atoms with Crippen LogP contribution in [0.25, 0.3) is 0 Å². The van der Waals surface area contributed by atoms with E-state index in [0.29, 0.717) is 26.5 Å². The van der Waals surface area contributed by atoms with Gasteiger partial charge < -0.3 is 14.8 Å². The molecule has 0 saturated heterocycles. The molecular weight excluding hydrogens is 412 g/mol. The van der Waals surface area contributed by atoms with Gasteiger partial charge in [0.15, 0.2) is 15.8 Å². The van der Waals surface area contributed by atoms with Crippen molar-refractivity contribution in [3.05, 3.63) is 53.6 Å². The molecule has 3 aromatic rings. The lowest BCUT2D eigenvalue weighted by molar-refractivity contribution is -0.113. The number of carbonyl (C=O) groups excluding carboxylic acids is 2. The average Bonchev–Trinajstić information content (AvgIpc) is 3.35. The molecule has 0 bridgehead atoms. The van der Waals surface area contributed by atoms with E-state index in [1.165, 1.54) is 23.1 Å². The molecule has 4 rings (SSSR count). The van der Waals surface area contributed by atoms with E-state index >= 15 is 0 Å². The minimum absolute atomic E-state index is 0.137. The van der Waals surface area contributed by atoms with Gasteiger partial charge in [0.25, 0.3) is 5.91 Å². The van der Waals surface area contributed by atoms with E-state index in [1.54, 1.807) is 18.2 Å². The number of benzene rings is 2. The first-order valence-corrected chi connectivity index (χ1v) is 10.4. The van der Waals surface area contributed by atoms with E-state index < -0.39 is 0 Å². The molecule has 2 amide bonds. The minimum atomic E-state index is -0.326. The Morgan fingerprint density at radius 3 is 2.83 bits per heavy atom. The van der Waals surface area contributed by atoms with E-state index in [0.717, 1.165) is 11.3 Å². The van der Waals surface area contributed by atoms with Gasteiger partial charge in [-0.25, -0.2) is 0 Å². The van der Waals surface area contributed by atoms with Crippen LogP contribution in [0, 0.1) is 6.92 Å². The van der Waals surface area contributed by atoms with E-state index in [1.807, 2.05) is 31.2 Å². The minimum Gasteiger partial charge on any atom is -0.454 e. The molecule has 0 saturated carbocycles. The van der Waals surface area contributed by atoms with Gasteiger partial charge in [-0.05, 0) is 42.8 Å². The number of fused-ring (bicyclic) bond motifs is 1. The van der Waals surface area contributed by atoms with Crippen molar-refractivity contribution in [3.8, 4) is 11.5 Å². The fourth-order valence-corrected chi connectivity index (χ4v) is 4.12. The number of anilines is 2. The Bertz CT molecular complexity index is 1070. The monoisotopic (exact) mass is 428 g/mol. The van der Waals surface area contributed by atoms with Crippen LogP contribution in [0.1, 0.15) is 15.9 Å². The van der Waals surface area contributed by atoms with Crippen LogP contribution >= 0.6 is 23.1 Å². The molecule has 1 aliphatic heterocycles. The Balaban J connectivity index is 1.30. The quantitative estimate of drug-likeness (QED) is 0.457. The molecule has 10 heteroatoms. The second-order valence-electron chi connectivity index (χ2n) is 6.10. The number of nitrogens with zero attached hydrogens (tertiary/aromatic N) is 2. The van der Waals surface area contributed by atoms with Gasteiger partial charge in [0.1, 0.15) is 0 Å². The zero-order chi connectivity index (χ0) is 20.2. The summed E-state index contributed by atoms with van der Waals surface area (Å²) in [6.45, 7) is 2.11. The average molecular weight is 428 g/mol. The van der Waals surface area contributed by atoms with Crippen molar-refractivity contribution in [2.75, 3.05) is 23.2 Å². The lowest BCUT2D eigenvalue weighted by Gasteiger charge is -2.04. The summed E-state index contributed by atoms with van der Waals surface area (Å²) in [4.78, 5) is 24.5. The second-order valence-corrected chi connectivity index (χ2v) is 8.30. The SMILES string of the molecule is Cc1cccc(NC(=O)CSc2nnc(NC(=O)c3ccc4c(c3)OCO4)s2)c1. The molecule has 1 aliphatic rings. The number of aryl methyl sites for hydroxylation is 1. The lowest BCUT2D eigenvalue weighted by atomic mass is 10.2. The molecule has 0 atom stereocenters. The highest BCUT2D eigenvalue weighted by atomic mass is 32.2. The van der Waals surface area contributed by atoms with Crippen molar-refractivity contribution in [1.29, 1.82) is 0 Å². The van der Waals surface area contributed by atoms with Crippen LogP contribution in [0.15, 0.2) is 46.8 Å². The first kappa shape index (κ1) is 19.2. The molecule has 0 radical (unpaired) electrons. The highest BCUT2D eigenvalue weighted by Crippen LogP contribution is 2.33. The van der Waals surface area contributed by atoms with Gasteiger partial charge in [0, 0.05) is 11.3 Å². The van der Waals surface area contributed by atoms with Gasteiger partial charge >= 0.3 is 0 Å². The fourth-order valence-electron chi connectivity index (χ4n) is 2.57. The van der Waals surface area contributed by atoms with Crippen molar-refractivity contribution in [3.63, 3.8) is 0 Å². The molecule has 0 spiro atoms. The summed E-state index contributed by atoms with van der Waals surface area (Å²) >= 11 is 2.46. The van der Waals surface area contributed by atoms with Crippen LogP contribution in [0.5, 0.6) is 11.5 Å². The molecule has 0 unspecified atom stereocenters. The van der Waals surface area contributed by atoms with Gasteiger partial charge in [-0.1, -0.05) is 35.2 Å². The maximum atomic E-state index is 12.4. The van der Waals surface area contributed by atoms with E-state index in [9.17, 15) is 9.59 Å². The second kappa shape index (κ2) is 8.50. The predicted molar refractivity (Wildman–Crippen MR) is 111 cm³/mol. The number of carbonyl (C=O) groups is 2. The highest BCUT2D eigenvalue weighted by Gasteiger charge is 2.17. The Labute approximate surface area is 174 Å². The van der Waals surface area contributed by atoms with Crippen LogP contribution in [0.2, 0.25) is 0 Å². The van der Waals surface area contributed by atoms with Gasteiger partial charge in [-0.3, -0.25) is 14.9 Å². The van der Waals surface area contributed by atoms with Gasteiger partial charge in [-0.15, -0.1) is 10.2 Å². The van der Waals surface area contributed by atoms with Crippen molar-refractivity contribution in [2.45, 2.75) is 11.3 Å². The number of nitrogens with one attached hydrogen (secondary N) is 2. The van der Waals surface area contributed by atoms with Crippen molar-refractivity contribution < 1.29 is 19.1 Å². The molecule has 148 valence electrons. The standard InChI is InChI=1S/C19H16N4O4S2/c1-11-3-2-4-13(7-11)20-16(24)9-28-19-23-22-18(29-19)21-17(25)12-5-6-14-15(8-12)27-10-26-14/h2-8H,9-10H2,1H3,(H,20,24)(H,21,22,25). The molecule has 2 heterocycles. The maximum absolute atomic E-state index is 12.4. The van der Waals surface area contributed by atoms with Crippen LogP contribution in [-0.4, -0.2) is 34.6 Å². The third-order valence-corrected chi connectivity index (χ3v) is 5.86. The van der Waals surface area contributed by atoms with Crippen molar-refractivity contribution in [1.82, 2.24) is 10.2 Å². The van der Waals surface area contributed by atoms with Crippen molar-refractivity contribution in [2.24, 2.45) is 0 Å². The summed E-state index contributed by atoms with van der Waals surface area (Å²) < 4.78 is 11.1. The molecule has 0 aliphatic carbocycles. The summed E-state index contributed by atoms with van der Waals surface area (Å²) in [5, 5.41) is 13.9. The number of hydrogen-bond donors (Lipinski definition) is 2. The Morgan fingerprint density at radius 2 is 1.97 bits per heavy atom. The topological polar surface area (TPSA) is 102 Å². The predicted octanol–water partition coefficient (Wildman–Crippen LogP) is 3.56. The molecule has 29 heavy (non-hydrogen) atoms. The van der Waals surface area contributed by atoms with E-state index in [2.05, 4.69) is 20.8 Å². The zero-order valence-corrected chi connectivity index (χ0v) is 16.9. The smallest absolute Gasteiger partial charge is 0.257 e. The van der Waals surface area contributed by atoms with E-state index in [-0.39, 0.29) is 24.4 Å². The largest absolute Gasteiger partial charge is 0.454 e. The van der Waals surface area contributed by atoms with Crippen molar-refractivity contribution >= 4 is 45.7 Å². The fraction of sp³-hybridized carbons (Fsp3) is 0.158. The molecule has 8 nitrogen and oxygen atoms in total. The van der Waals surface area contributed by atoms with Crippen LogP contribution in [0.3, 0.4) is 0 Å². The molecular formula is C19H16N4O4S2. The summed E-state index contributed by atoms with van der Waals surface area (Å²) in [7, 11) is 0. The van der Waals surface area contributed by atoms with Crippen LogP contribution in [0.4, 0.5) is 10.8 Å². The summed E-state index contributed by atoms with van der Waals surface area (Å²) in [5.41, 5.74) is 2.25. The molecule has 2 aromatic carbocycles.